The van der Waals surface area contributed by atoms with Crippen molar-refractivity contribution in [3.63, 3.8) is 0 Å². The Labute approximate surface area is 130 Å². The molecule has 1 unspecified atom stereocenters. The molecule has 0 aliphatic rings. The quantitative estimate of drug-likeness (QED) is 0.373. The van der Waals surface area contributed by atoms with Crippen LogP contribution in [0, 0.1) is 0 Å². The van der Waals surface area contributed by atoms with Crippen LogP contribution in [0.2, 0.25) is 0 Å². The molecule has 0 aromatic rings. The molecule has 0 aliphatic carbocycles. The van der Waals surface area contributed by atoms with Gasteiger partial charge in [-0.3, -0.25) is 0 Å². The number of unbranched alkanes of at least 4 members (excludes halogenated alkanes) is 5. The average molecular weight is 301 g/mol. The molecule has 0 rings (SSSR count). The highest BCUT2D eigenvalue weighted by Gasteiger charge is 2.24. The van der Waals surface area contributed by atoms with E-state index in [2.05, 4.69) is 22.5 Å². The third-order valence-corrected chi connectivity index (χ3v) is 3.08. The van der Waals surface area contributed by atoms with Crippen LogP contribution in [0.5, 0.6) is 0 Å². The maximum absolute atomic E-state index is 5.61. The lowest BCUT2D eigenvalue weighted by atomic mass is 10.0. The lowest BCUT2D eigenvalue weighted by Crippen LogP contribution is -2.47. The van der Waals surface area contributed by atoms with E-state index in [0.717, 1.165) is 12.8 Å². The molecule has 0 saturated heterocycles. The monoisotopic (exact) mass is 300 g/mol. The van der Waals surface area contributed by atoms with Gasteiger partial charge in [0.25, 0.3) is 0 Å². The summed E-state index contributed by atoms with van der Waals surface area (Å²) >= 11 is 4.95. The number of nitrogens with one attached hydrogen (secondary N) is 1. The fourth-order valence-corrected chi connectivity index (χ4v) is 2.13. The first-order chi connectivity index (χ1) is 9.18. The normalized spacial score (nSPS) is 15.2. The SMILES string of the molecule is CCCCCCCCC(C)(N=NC(C)(C)C)NC(N)=S. The Balaban J connectivity index is 4.33. The van der Waals surface area contributed by atoms with Crippen molar-refractivity contribution >= 4 is 17.3 Å². The number of hydrogen-bond acceptors (Lipinski definition) is 3. The zero-order valence-corrected chi connectivity index (χ0v) is 14.6. The molecular formula is C15H32N4S. The van der Waals surface area contributed by atoms with Gasteiger partial charge in [-0.1, -0.05) is 39.0 Å². The Morgan fingerprint density at radius 3 is 2.05 bits per heavy atom. The molecule has 0 bridgehead atoms. The summed E-state index contributed by atoms with van der Waals surface area (Å²) in [5, 5.41) is 12.2. The molecule has 0 saturated carbocycles. The fourth-order valence-electron chi connectivity index (χ4n) is 1.91. The van der Waals surface area contributed by atoms with E-state index in [1.807, 2.05) is 27.7 Å². The maximum Gasteiger partial charge on any atom is 0.165 e. The van der Waals surface area contributed by atoms with E-state index >= 15 is 0 Å². The lowest BCUT2D eigenvalue weighted by Gasteiger charge is -2.27. The molecule has 0 amide bonds. The Kier molecular flexibility index (Phi) is 8.94. The molecule has 3 N–H and O–H groups in total. The number of hydrogen-bond donors (Lipinski definition) is 2. The third kappa shape index (κ3) is 11.1. The van der Waals surface area contributed by atoms with Crippen molar-refractivity contribution in [2.45, 2.75) is 90.8 Å². The lowest BCUT2D eigenvalue weighted by molar-refractivity contribution is 0.346. The third-order valence-electron chi connectivity index (χ3n) is 2.98. The molecule has 0 aliphatic heterocycles. The summed E-state index contributed by atoms with van der Waals surface area (Å²) in [6.07, 6.45) is 8.44. The van der Waals surface area contributed by atoms with Crippen LogP contribution in [0.25, 0.3) is 0 Å². The standard InChI is InChI=1S/C15H32N4S/c1-6-7-8-9-10-11-12-15(5,17-13(16)20)19-18-14(2,3)4/h6-12H2,1-5H3,(H3,16,17,20). The maximum atomic E-state index is 5.61. The van der Waals surface area contributed by atoms with Crippen molar-refractivity contribution < 1.29 is 0 Å². The molecule has 0 aromatic carbocycles. The van der Waals surface area contributed by atoms with Gasteiger partial charge in [0.2, 0.25) is 0 Å². The summed E-state index contributed by atoms with van der Waals surface area (Å²) in [7, 11) is 0. The van der Waals surface area contributed by atoms with Gasteiger partial charge in [-0.15, -0.1) is 0 Å². The van der Waals surface area contributed by atoms with Crippen LogP contribution in [-0.4, -0.2) is 16.3 Å². The van der Waals surface area contributed by atoms with Crippen molar-refractivity contribution in [2.75, 3.05) is 0 Å². The highest BCUT2D eigenvalue weighted by Crippen LogP contribution is 2.20. The van der Waals surface area contributed by atoms with E-state index in [4.69, 9.17) is 18.0 Å². The molecule has 0 heterocycles. The zero-order valence-electron chi connectivity index (χ0n) is 13.8. The van der Waals surface area contributed by atoms with Crippen LogP contribution in [-0.2, 0) is 0 Å². The van der Waals surface area contributed by atoms with Crippen molar-refractivity contribution in [1.82, 2.24) is 5.32 Å². The Morgan fingerprint density at radius 1 is 1.00 bits per heavy atom. The molecule has 1 atom stereocenters. The van der Waals surface area contributed by atoms with E-state index in [1.165, 1.54) is 32.1 Å². The molecule has 0 aromatic heterocycles. The van der Waals surface area contributed by atoms with Crippen molar-refractivity contribution in [3.8, 4) is 0 Å². The summed E-state index contributed by atoms with van der Waals surface area (Å²) in [6.45, 7) is 10.3. The van der Waals surface area contributed by atoms with Crippen molar-refractivity contribution in [1.29, 1.82) is 0 Å². The largest absolute Gasteiger partial charge is 0.376 e. The summed E-state index contributed by atoms with van der Waals surface area (Å²) in [5.41, 5.74) is 4.94. The zero-order chi connectivity index (χ0) is 15.6. The second-order valence-corrected chi connectivity index (χ2v) is 7.09. The highest BCUT2D eigenvalue weighted by atomic mass is 32.1. The minimum Gasteiger partial charge on any atom is -0.376 e. The smallest absolute Gasteiger partial charge is 0.165 e. The molecule has 4 nitrogen and oxygen atoms in total. The van der Waals surface area contributed by atoms with E-state index in [9.17, 15) is 0 Å². The highest BCUT2D eigenvalue weighted by molar-refractivity contribution is 7.80. The molecule has 118 valence electrons. The first kappa shape index (κ1) is 19.3. The van der Waals surface area contributed by atoms with Gasteiger partial charge in [0.05, 0.1) is 5.54 Å². The van der Waals surface area contributed by atoms with Crippen molar-refractivity contribution in [3.05, 3.63) is 0 Å². The predicted octanol–water partition coefficient (Wildman–Crippen LogP) is 4.54. The summed E-state index contributed by atoms with van der Waals surface area (Å²) < 4.78 is 0. The predicted molar refractivity (Wildman–Crippen MR) is 90.9 cm³/mol. The average Bonchev–Trinajstić information content (AvgIpc) is 2.30. The van der Waals surface area contributed by atoms with Gasteiger partial charge in [-0.25, -0.2) is 0 Å². The van der Waals surface area contributed by atoms with E-state index in [0.29, 0.717) is 0 Å². The molecule has 0 fully saturated rings. The summed E-state index contributed by atoms with van der Waals surface area (Å²) in [5.74, 6) is 0. The molecule has 0 radical (unpaired) electrons. The van der Waals surface area contributed by atoms with Gasteiger partial charge in [0.1, 0.15) is 5.66 Å². The van der Waals surface area contributed by atoms with E-state index in [-0.39, 0.29) is 10.7 Å². The topological polar surface area (TPSA) is 62.8 Å². The molecule has 20 heavy (non-hydrogen) atoms. The number of thiocarbonyl (C=S) groups is 1. The summed E-state index contributed by atoms with van der Waals surface area (Å²) in [6, 6.07) is 0. The van der Waals surface area contributed by atoms with E-state index < -0.39 is 5.66 Å². The van der Waals surface area contributed by atoms with Gasteiger partial charge in [0.15, 0.2) is 5.11 Å². The first-order valence-electron chi connectivity index (χ1n) is 7.70. The first-order valence-corrected chi connectivity index (χ1v) is 8.11. The van der Waals surface area contributed by atoms with Gasteiger partial charge >= 0.3 is 0 Å². The van der Waals surface area contributed by atoms with Gasteiger partial charge in [0, 0.05) is 0 Å². The molecule has 0 spiro atoms. The van der Waals surface area contributed by atoms with Crippen LogP contribution in [0.4, 0.5) is 0 Å². The number of rotatable bonds is 9. The van der Waals surface area contributed by atoms with Crippen LogP contribution in [0.15, 0.2) is 10.2 Å². The number of azo groups is 1. The number of nitrogens with zero attached hydrogens (tertiary/aromatic N) is 2. The minimum absolute atomic E-state index is 0.180. The van der Waals surface area contributed by atoms with Crippen LogP contribution in [0.3, 0.4) is 0 Å². The Bertz CT molecular complexity index is 309. The fraction of sp³-hybridized carbons (Fsp3) is 0.933. The summed E-state index contributed by atoms with van der Waals surface area (Å²) in [4.78, 5) is 0. The molecule has 5 heteroatoms. The van der Waals surface area contributed by atoms with Gasteiger partial charge in [-0.05, 0) is 52.8 Å². The molecular weight excluding hydrogens is 268 g/mol. The van der Waals surface area contributed by atoms with E-state index in [1.54, 1.807) is 0 Å². The second-order valence-electron chi connectivity index (χ2n) is 6.65. The number of nitrogens with two attached hydrogens (primary N) is 1. The Hall–Kier alpha value is -0.710. The van der Waals surface area contributed by atoms with Crippen LogP contribution in [0.1, 0.15) is 79.6 Å². The van der Waals surface area contributed by atoms with Gasteiger partial charge in [-0.2, -0.15) is 10.2 Å². The van der Waals surface area contributed by atoms with Gasteiger partial charge < -0.3 is 11.1 Å². The second kappa shape index (κ2) is 9.27. The van der Waals surface area contributed by atoms with Crippen LogP contribution < -0.4 is 11.1 Å². The van der Waals surface area contributed by atoms with Crippen LogP contribution >= 0.6 is 12.2 Å². The minimum atomic E-state index is -0.482. The Morgan fingerprint density at radius 2 is 1.55 bits per heavy atom. The van der Waals surface area contributed by atoms with Crippen molar-refractivity contribution in [2.24, 2.45) is 16.0 Å².